The van der Waals surface area contributed by atoms with Crippen LogP contribution in [0.1, 0.15) is 44.9 Å². The Morgan fingerprint density at radius 3 is 2.86 bits per heavy atom. The lowest BCUT2D eigenvalue weighted by molar-refractivity contribution is 0.123. The molecule has 2 heterocycles. The van der Waals surface area contributed by atoms with E-state index in [1.807, 2.05) is 6.26 Å². The molecule has 0 aliphatic carbocycles. The lowest BCUT2D eigenvalue weighted by Gasteiger charge is -2.35. The van der Waals surface area contributed by atoms with Gasteiger partial charge in [-0.3, -0.25) is 4.90 Å². The van der Waals surface area contributed by atoms with E-state index in [1.54, 1.807) is 0 Å². The summed E-state index contributed by atoms with van der Waals surface area (Å²) in [6.07, 6.45) is 4.40. The average molecular weight is 293 g/mol. The van der Waals surface area contributed by atoms with Crippen molar-refractivity contribution < 1.29 is 4.42 Å². The van der Waals surface area contributed by atoms with E-state index in [0.717, 1.165) is 25.4 Å². The molecule has 0 amide bonds. The van der Waals surface area contributed by atoms with Crippen LogP contribution in [0.5, 0.6) is 0 Å². The Hall–Kier alpha value is -0.840. The summed E-state index contributed by atoms with van der Waals surface area (Å²) in [6.45, 7) is 10.7. The number of piperidine rings is 1. The van der Waals surface area contributed by atoms with Crippen LogP contribution in [0.3, 0.4) is 0 Å². The first-order valence-electron chi connectivity index (χ1n) is 8.04. The van der Waals surface area contributed by atoms with Crippen molar-refractivity contribution in [1.82, 2.24) is 15.1 Å². The van der Waals surface area contributed by atoms with Crippen LogP contribution in [0.25, 0.3) is 0 Å². The quantitative estimate of drug-likeness (QED) is 0.904. The zero-order valence-electron chi connectivity index (χ0n) is 14.3. The molecule has 21 heavy (non-hydrogen) atoms. The number of furan rings is 1. The van der Waals surface area contributed by atoms with E-state index in [4.69, 9.17) is 4.42 Å². The van der Waals surface area contributed by atoms with Crippen LogP contribution < -0.4 is 5.32 Å². The Morgan fingerprint density at radius 2 is 2.19 bits per heavy atom. The van der Waals surface area contributed by atoms with Crippen LogP contribution in [0.4, 0.5) is 0 Å². The van der Waals surface area contributed by atoms with Gasteiger partial charge in [0.2, 0.25) is 0 Å². The van der Waals surface area contributed by atoms with Crippen LogP contribution in [0.2, 0.25) is 0 Å². The third-order valence-electron chi connectivity index (χ3n) is 4.26. The molecule has 1 unspecified atom stereocenters. The van der Waals surface area contributed by atoms with Gasteiger partial charge in [0.15, 0.2) is 0 Å². The maximum Gasteiger partial charge on any atom is 0.122 e. The first-order chi connectivity index (χ1) is 9.85. The van der Waals surface area contributed by atoms with E-state index in [1.165, 1.54) is 24.9 Å². The summed E-state index contributed by atoms with van der Waals surface area (Å²) in [4.78, 5) is 4.87. The number of likely N-dealkylation sites (tertiary alicyclic amines) is 1. The molecule has 4 nitrogen and oxygen atoms in total. The van der Waals surface area contributed by atoms with Crippen LogP contribution in [-0.4, -0.2) is 48.6 Å². The van der Waals surface area contributed by atoms with Crippen molar-refractivity contribution >= 4 is 0 Å². The summed E-state index contributed by atoms with van der Waals surface area (Å²) in [5.74, 6) is 1.10. The lowest BCUT2D eigenvalue weighted by atomic mass is 10.0. The molecule has 1 aromatic rings. The van der Waals surface area contributed by atoms with E-state index in [9.17, 15) is 0 Å². The van der Waals surface area contributed by atoms with E-state index < -0.39 is 0 Å². The summed E-state index contributed by atoms with van der Waals surface area (Å²) < 4.78 is 5.72. The van der Waals surface area contributed by atoms with Crippen LogP contribution in [0.15, 0.2) is 16.7 Å². The maximum absolute atomic E-state index is 5.72. The molecule has 1 saturated heterocycles. The fraction of sp³-hybridized carbons (Fsp3) is 0.765. The fourth-order valence-electron chi connectivity index (χ4n) is 2.88. The van der Waals surface area contributed by atoms with Crippen molar-refractivity contribution in [3.63, 3.8) is 0 Å². The number of nitrogens with zero attached hydrogens (tertiary/aromatic N) is 2. The second-order valence-electron chi connectivity index (χ2n) is 7.45. The molecule has 0 aromatic carbocycles. The smallest absolute Gasteiger partial charge is 0.122 e. The molecular formula is C17H31N3O. The molecule has 2 rings (SSSR count). The van der Waals surface area contributed by atoms with Crippen LogP contribution in [-0.2, 0) is 13.1 Å². The van der Waals surface area contributed by atoms with Crippen molar-refractivity contribution in [2.24, 2.45) is 0 Å². The molecule has 1 aliphatic rings. The summed E-state index contributed by atoms with van der Waals surface area (Å²) in [5, 5.41) is 3.54. The van der Waals surface area contributed by atoms with Gasteiger partial charge in [0.05, 0.1) is 12.8 Å². The molecule has 120 valence electrons. The molecule has 0 bridgehead atoms. The highest BCUT2D eigenvalue weighted by Crippen LogP contribution is 2.19. The van der Waals surface area contributed by atoms with Gasteiger partial charge in [-0.05, 0) is 60.3 Å². The zero-order chi connectivity index (χ0) is 15.5. The Kier molecular flexibility index (Phi) is 5.47. The minimum absolute atomic E-state index is 0.131. The summed E-state index contributed by atoms with van der Waals surface area (Å²) in [7, 11) is 4.43. The van der Waals surface area contributed by atoms with Crippen molar-refractivity contribution in [3.05, 3.63) is 23.7 Å². The molecule has 1 aliphatic heterocycles. The minimum Gasteiger partial charge on any atom is -0.468 e. The van der Waals surface area contributed by atoms with Gasteiger partial charge in [-0.1, -0.05) is 0 Å². The highest BCUT2D eigenvalue weighted by atomic mass is 16.3. The number of likely N-dealkylation sites (N-methyl/N-ethyl adjacent to an activating group) is 2. The Balaban J connectivity index is 1.92. The van der Waals surface area contributed by atoms with Crippen molar-refractivity contribution in [2.75, 3.05) is 27.2 Å². The maximum atomic E-state index is 5.72. The van der Waals surface area contributed by atoms with Gasteiger partial charge >= 0.3 is 0 Å². The summed E-state index contributed by atoms with van der Waals surface area (Å²) in [6, 6.07) is 2.73. The van der Waals surface area contributed by atoms with E-state index in [0.29, 0.717) is 6.04 Å². The second-order valence-corrected chi connectivity index (χ2v) is 7.45. The summed E-state index contributed by atoms with van der Waals surface area (Å²) >= 11 is 0. The predicted octanol–water partition coefficient (Wildman–Crippen LogP) is 2.69. The second kappa shape index (κ2) is 6.95. The van der Waals surface area contributed by atoms with Crippen LogP contribution >= 0.6 is 0 Å². The third-order valence-corrected chi connectivity index (χ3v) is 4.26. The Bertz CT molecular complexity index is 435. The topological polar surface area (TPSA) is 31.6 Å². The van der Waals surface area contributed by atoms with Crippen molar-refractivity contribution in [2.45, 2.75) is 58.3 Å². The fourth-order valence-corrected chi connectivity index (χ4v) is 2.88. The van der Waals surface area contributed by atoms with Crippen molar-refractivity contribution in [3.8, 4) is 0 Å². The predicted molar refractivity (Wildman–Crippen MR) is 87.3 cm³/mol. The van der Waals surface area contributed by atoms with Gasteiger partial charge < -0.3 is 14.6 Å². The third kappa shape index (κ3) is 5.13. The van der Waals surface area contributed by atoms with Crippen LogP contribution in [0, 0.1) is 0 Å². The molecule has 1 atom stereocenters. The van der Waals surface area contributed by atoms with Gasteiger partial charge in [0.1, 0.15) is 5.76 Å². The highest BCUT2D eigenvalue weighted by Gasteiger charge is 2.22. The monoisotopic (exact) mass is 293 g/mol. The van der Waals surface area contributed by atoms with Gasteiger partial charge in [-0.25, -0.2) is 0 Å². The van der Waals surface area contributed by atoms with E-state index in [2.05, 4.69) is 56.0 Å². The number of hydrogen-bond acceptors (Lipinski definition) is 4. The molecule has 1 fully saturated rings. The number of rotatable bonds is 5. The van der Waals surface area contributed by atoms with Gasteiger partial charge in [0.25, 0.3) is 0 Å². The molecule has 0 spiro atoms. The molecule has 0 radical (unpaired) electrons. The Labute approximate surface area is 129 Å². The van der Waals surface area contributed by atoms with E-state index in [-0.39, 0.29) is 5.54 Å². The zero-order valence-corrected chi connectivity index (χ0v) is 14.3. The molecule has 4 heteroatoms. The Morgan fingerprint density at radius 1 is 1.43 bits per heavy atom. The van der Waals surface area contributed by atoms with Gasteiger partial charge in [0, 0.05) is 30.2 Å². The molecule has 1 N–H and O–H groups in total. The van der Waals surface area contributed by atoms with Gasteiger partial charge in [-0.2, -0.15) is 0 Å². The normalized spacial score (nSPS) is 21.1. The minimum atomic E-state index is 0.131. The van der Waals surface area contributed by atoms with Crippen molar-refractivity contribution in [1.29, 1.82) is 0 Å². The molecule has 1 aromatic heterocycles. The first-order valence-corrected chi connectivity index (χ1v) is 8.04. The van der Waals surface area contributed by atoms with Gasteiger partial charge in [-0.15, -0.1) is 0 Å². The molecular weight excluding hydrogens is 262 g/mol. The molecule has 0 saturated carbocycles. The standard InChI is InChI=1S/C17H31N3O/c1-17(2,3)18-11-14-8-10-21-16(14)13-20(5)15-7-6-9-19(4)12-15/h8,10,15,18H,6-7,9,11-13H2,1-5H3. The lowest BCUT2D eigenvalue weighted by Crippen LogP contribution is -2.44. The average Bonchev–Trinajstić information content (AvgIpc) is 2.83. The summed E-state index contributed by atoms with van der Waals surface area (Å²) in [5.41, 5.74) is 1.41. The first kappa shape index (κ1) is 16.5. The SMILES string of the molecule is CN1CCCC(N(C)Cc2occc2CNC(C)(C)C)C1. The highest BCUT2D eigenvalue weighted by molar-refractivity contribution is 5.17. The largest absolute Gasteiger partial charge is 0.468 e. The number of nitrogens with one attached hydrogen (secondary N) is 1. The van der Waals surface area contributed by atoms with E-state index >= 15 is 0 Å². The number of hydrogen-bond donors (Lipinski definition) is 1.